The van der Waals surface area contributed by atoms with E-state index in [0.717, 1.165) is 10.0 Å². The summed E-state index contributed by atoms with van der Waals surface area (Å²) in [6.07, 6.45) is 1.01. The van der Waals surface area contributed by atoms with Crippen LogP contribution in [-0.2, 0) is 14.8 Å². The van der Waals surface area contributed by atoms with Crippen molar-refractivity contribution in [3.63, 3.8) is 0 Å². The molecule has 28 heavy (non-hydrogen) atoms. The van der Waals surface area contributed by atoms with Crippen LogP contribution in [0.5, 0.6) is 0 Å². The van der Waals surface area contributed by atoms with Crippen molar-refractivity contribution in [1.29, 1.82) is 0 Å². The number of amides is 1. The van der Waals surface area contributed by atoms with Crippen LogP contribution in [0.25, 0.3) is 0 Å². The normalized spacial score (nSPS) is 17.2. The molecule has 0 aromatic heterocycles. The van der Waals surface area contributed by atoms with Crippen LogP contribution in [-0.4, -0.2) is 31.7 Å². The van der Waals surface area contributed by atoms with E-state index in [1.54, 1.807) is 12.1 Å². The SMILES string of the molecule is C[C@@H](NC(=O)C1CCN(S(=O)(=O)c2ccc(Cl)cc2)CC1)c1cccc(Br)c1. The fourth-order valence-corrected chi connectivity index (χ4v) is 5.32. The van der Waals surface area contributed by atoms with Crippen molar-refractivity contribution < 1.29 is 13.2 Å². The van der Waals surface area contributed by atoms with Gasteiger partial charge in [0.15, 0.2) is 0 Å². The first-order chi connectivity index (χ1) is 13.3. The van der Waals surface area contributed by atoms with Gasteiger partial charge < -0.3 is 5.32 Å². The first kappa shape index (κ1) is 21.3. The van der Waals surface area contributed by atoms with Crippen LogP contribution in [0, 0.1) is 5.92 Å². The number of hydrogen-bond donors (Lipinski definition) is 1. The Kier molecular flexibility index (Phi) is 6.81. The minimum atomic E-state index is -3.56. The summed E-state index contributed by atoms with van der Waals surface area (Å²) in [6.45, 7) is 2.60. The average molecular weight is 486 g/mol. The van der Waals surface area contributed by atoms with E-state index in [1.165, 1.54) is 16.4 Å². The van der Waals surface area contributed by atoms with Crippen LogP contribution >= 0.6 is 27.5 Å². The van der Waals surface area contributed by atoms with Gasteiger partial charge >= 0.3 is 0 Å². The zero-order valence-corrected chi connectivity index (χ0v) is 18.6. The van der Waals surface area contributed by atoms with Gasteiger partial charge in [-0.15, -0.1) is 0 Å². The maximum atomic E-state index is 12.7. The van der Waals surface area contributed by atoms with Crippen molar-refractivity contribution in [3.8, 4) is 0 Å². The molecule has 1 N–H and O–H groups in total. The van der Waals surface area contributed by atoms with E-state index < -0.39 is 10.0 Å². The summed E-state index contributed by atoms with van der Waals surface area (Å²) in [5.41, 5.74) is 1.02. The lowest BCUT2D eigenvalue weighted by Gasteiger charge is -2.31. The largest absolute Gasteiger partial charge is 0.349 e. The number of carbonyl (C=O) groups excluding carboxylic acids is 1. The van der Waals surface area contributed by atoms with Crippen molar-refractivity contribution in [1.82, 2.24) is 9.62 Å². The van der Waals surface area contributed by atoms with E-state index in [2.05, 4.69) is 21.2 Å². The fourth-order valence-electron chi connectivity index (χ4n) is 3.30. The Morgan fingerprint density at radius 3 is 2.43 bits per heavy atom. The molecule has 1 saturated heterocycles. The molecule has 1 fully saturated rings. The first-order valence-corrected chi connectivity index (χ1v) is 11.7. The van der Waals surface area contributed by atoms with Crippen molar-refractivity contribution >= 4 is 43.5 Å². The van der Waals surface area contributed by atoms with Gasteiger partial charge in [0.2, 0.25) is 15.9 Å². The van der Waals surface area contributed by atoms with Crippen molar-refractivity contribution in [2.75, 3.05) is 13.1 Å². The second kappa shape index (κ2) is 8.95. The maximum absolute atomic E-state index is 12.7. The van der Waals surface area contributed by atoms with Crippen molar-refractivity contribution in [3.05, 3.63) is 63.6 Å². The Balaban J connectivity index is 1.58. The summed E-state index contributed by atoms with van der Waals surface area (Å²) in [7, 11) is -3.56. The van der Waals surface area contributed by atoms with Gasteiger partial charge in [-0.3, -0.25) is 4.79 Å². The minimum absolute atomic E-state index is 0.0315. The van der Waals surface area contributed by atoms with Gasteiger partial charge in [0.05, 0.1) is 10.9 Å². The number of sulfonamides is 1. The topological polar surface area (TPSA) is 66.5 Å². The highest BCUT2D eigenvalue weighted by Gasteiger charge is 2.32. The standard InChI is InChI=1S/C20H22BrClN2O3S/c1-14(16-3-2-4-17(21)13-16)23-20(25)15-9-11-24(12-10-15)28(26,27)19-7-5-18(22)6-8-19/h2-8,13-15H,9-12H2,1H3,(H,23,25)/t14-/m1/s1. The molecule has 0 radical (unpaired) electrons. The molecule has 1 atom stereocenters. The van der Waals surface area contributed by atoms with E-state index in [1.807, 2.05) is 31.2 Å². The summed E-state index contributed by atoms with van der Waals surface area (Å²) in [6, 6.07) is 13.9. The smallest absolute Gasteiger partial charge is 0.243 e. The lowest BCUT2D eigenvalue weighted by atomic mass is 9.96. The quantitative estimate of drug-likeness (QED) is 0.683. The number of benzene rings is 2. The molecule has 0 saturated carbocycles. The minimum Gasteiger partial charge on any atom is -0.349 e. The highest BCUT2D eigenvalue weighted by Crippen LogP contribution is 2.26. The summed E-state index contributed by atoms with van der Waals surface area (Å²) in [5.74, 6) is -0.220. The van der Waals surface area contributed by atoms with Crippen LogP contribution in [0.2, 0.25) is 5.02 Å². The van der Waals surface area contributed by atoms with Gasteiger partial charge in [-0.1, -0.05) is 39.7 Å². The Morgan fingerprint density at radius 1 is 1.18 bits per heavy atom. The molecule has 1 aliphatic heterocycles. The average Bonchev–Trinajstić information content (AvgIpc) is 2.68. The number of nitrogens with one attached hydrogen (secondary N) is 1. The first-order valence-electron chi connectivity index (χ1n) is 9.09. The van der Waals surface area contributed by atoms with Crippen LogP contribution in [0.4, 0.5) is 0 Å². The van der Waals surface area contributed by atoms with Crippen molar-refractivity contribution in [2.24, 2.45) is 5.92 Å². The molecular weight excluding hydrogens is 464 g/mol. The number of piperidine rings is 1. The number of rotatable bonds is 5. The molecule has 0 spiro atoms. The maximum Gasteiger partial charge on any atom is 0.243 e. The summed E-state index contributed by atoms with van der Waals surface area (Å²) >= 11 is 9.28. The molecule has 5 nitrogen and oxygen atoms in total. The van der Waals surface area contributed by atoms with Crippen LogP contribution in [0.3, 0.4) is 0 Å². The van der Waals surface area contributed by atoms with Crippen LogP contribution in [0.1, 0.15) is 31.4 Å². The van der Waals surface area contributed by atoms with Gasteiger partial charge in [0.1, 0.15) is 0 Å². The van der Waals surface area contributed by atoms with Gasteiger partial charge in [0, 0.05) is 28.5 Å². The predicted octanol–water partition coefficient (Wildman–Crippen LogP) is 4.38. The van der Waals surface area contributed by atoms with Gasteiger partial charge in [0.25, 0.3) is 0 Å². The molecule has 8 heteroatoms. The molecule has 1 amide bonds. The molecule has 2 aromatic carbocycles. The molecule has 1 aliphatic rings. The third kappa shape index (κ3) is 4.95. The third-order valence-corrected chi connectivity index (χ3v) is 7.64. The molecule has 3 rings (SSSR count). The number of nitrogens with zero attached hydrogens (tertiary/aromatic N) is 1. The Labute approximate surface area is 179 Å². The van der Waals surface area contributed by atoms with Crippen LogP contribution in [0.15, 0.2) is 57.9 Å². The molecule has 0 bridgehead atoms. The second-order valence-electron chi connectivity index (χ2n) is 6.92. The zero-order valence-electron chi connectivity index (χ0n) is 15.4. The van der Waals surface area contributed by atoms with E-state index in [4.69, 9.17) is 11.6 Å². The summed E-state index contributed by atoms with van der Waals surface area (Å²) in [4.78, 5) is 12.9. The van der Waals surface area contributed by atoms with E-state index >= 15 is 0 Å². The summed E-state index contributed by atoms with van der Waals surface area (Å²) in [5, 5.41) is 3.54. The predicted molar refractivity (Wildman–Crippen MR) is 114 cm³/mol. The Morgan fingerprint density at radius 2 is 1.82 bits per heavy atom. The van der Waals surface area contributed by atoms with Crippen molar-refractivity contribution in [2.45, 2.75) is 30.7 Å². The highest BCUT2D eigenvalue weighted by molar-refractivity contribution is 9.10. The molecular formula is C20H22BrClN2O3S. The molecule has 2 aromatic rings. The molecule has 1 heterocycles. The lowest BCUT2D eigenvalue weighted by molar-refractivity contribution is -0.126. The fraction of sp³-hybridized carbons (Fsp3) is 0.350. The lowest BCUT2D eigenvalue weighted by Crippen LogP contribution is -2.43. The summed E-state index contributed by atoms with van der Waals surface area (Å²) < 4.78 is 27.9. The Bertz CT molecular complexity index is 942. The number of hydrogen-bond acceptors (Lipinski definition) is 3. The van der Waals surface area contributed by atoms with E-state index in [-0.39, 0.29) is 22.8 Å². The zero-order chi connectivity index (χ0) is 20.3. The molecule has 0 aliphatic carbocycles. The van der Waals surface area contributed by atoms with E-state index in [0.29, 0.717) is 31.0 Å². The van der Waals surface area contributed by atoms with Gasteiger partial charge in [-0.2, -0.15) is 4.31 Å². The monoisotopic (exact) mass is 484 g/mol. The van der Waals surface area contributed by atoms with Gasteiger partial charge in [-0.05, 0) is 61.7 Å². The third-order valence-electron chi connectivity index (χ3n) is 4.98. The Hall–Kier alpha value is -1.41. The molecule has 150 valence electrons. The van der Waals surface area contributed by atoms with E-state index in [9.17, 15) is 13.2 Å². The second-order valence-corrected chi connectivity index (χ2v) is 10.2. The number of carbonyl (C=O) groups is 1. The highest BCUT2D eigenvalue weighted by atomic mass is 79.9. The number of halogens is 2. The van der Waals surface area contributed by atoms with Crippen LogP contribution < -0.4 is 5.32 Å². The van der Waals surface area contributed by atoms with Gasteiger partial charge in [-0.25, -0.2) is 8.42 Å². The molecule has 0 unspecified atom stereocenters.